The van der Waals surface area contributed by atoms with Crippen LogP contribution >= 0.6 is 0 Å². The molecule has 1 aliphatic carbocycles. The molecule has 1 aliphatic rings. The van der Waals surface area contributed by atoms with Gasteiger partial charge in [-0.1, -0.05) is 12.2 Å². The smallest absolute Gasteiger partial charge is 0.328 e. The van der Waals surface area contributed by atoms with Crippen LogP contribution in [0.4, 0.5) is 0 Å². The van der Waals surface area contributed by atoms with Gasteiger partial charge in [-0.3, -0.25) is 14.4 Å². The molecule has 1 rings (SSSR count). The zero-order valence-electron chi connectivity index (χ0n) is 18.9. The lowest BCUT2D eigenvalue weighted by atomic mass is 9.70. The maximum absolute atomic E-state index is 12.8. The van der Waals surface area contributed by atoms with E-state index in [9.17, 15) is 14.4 Å². The monoisotopic (exact) mass is 418 g/mol. The highest BCUT2D eigenvalue weighted by Gasteiger charge is 2.52. The van der Waals surface area contributed by atoms with Crippen LogP contribution < -0.4 is 0 Å². The molecule has 0 aromatic rings. The highest BCUT2D eigenvalue weighted by atomic mass is 16.6. The zero-order chi connectivity index (χ0) is 22.9. The number of hydrogen-bond acceptors (Lipinski definition) is 6. The number of methoxy groups -OCH3 is 2. The number of esters is 3. The van der Waals surface area contributed by atoms with Crippen LogP contribution in [0.1, 0.15) is 53.4 Å². The zero-order valence-corrected chi connectivity index (χ0v) is 18.9. The SMILES string of the molecule is C=CCCC(C)=C=CC(C(=O)OC)(C(=O)OC)[C@H]1C=C[C@@H](OC(=O)C(C)(C)C)CC1. The Morgan fingerprint density at radius 1 is 1.07 bits per heavy atom. The van der Waals surface area contributed by atoms with Gasteiger partial charge in [0.25, 0.3) is 0 Å². The van der Waals surface area contributed by atoms with E-state index in [4.69, 9.17) is 14.2 Å². The minimum atomic E-state index is -1.66. The van der Waals surface area contributed by atoms with E-state index in [2.05, 4.69) is 12.3 Å². The number of rotatable bonds is 8. The van der Waals surface area contributed by atoms with Crippen molar-refractivity contribution in [2.75, 3.05) is 14.2 Å². The van der Waals surface area contributed by atoms with Gasteiger partial charge in [-0.15, -0.1) is 12.3 Å². The van der Waals surface area contributed by atoms with Crippen molar-refractivity contribution in [3.63, 3.8) is 0 Å². The Morgan fingerprint density at radius 2 is 1.67 bits per heavy atom. The molecule has 0 bridgehead atoms. The molecule has 0 amide bonds. The molecule has 0 fully saturated rings. The normalized spacial score (nSPS) is 18.6. The summed E-state index contributed by atoms with van der Waals surface area (Å²) in [4.78, 5) is 37.8. The molecule has 0 N–H and O–H groups in total. The number of carbonyl (C=O) groups is 3. The molecule has 0 aliphatic heterocycles. The number of hydrogen-bond donors (Lipinski definition) is 0. The molecule has 166 valence electrons. The van der Waals surface area contributed by atoms with E-state index in [0.717, 1.165) is 12.0 Å². The first-order valence-corrected chi connectivity index (χ1v) is 10.1. The number of ether oxygens (including phenoxy) is 3. The van der Waals surface area contributed by atoms with E-state index in [1.807, 2.05) is 6.92 Å². The highest BCUT2D eigenvalue weighted by Crippen LogP contribution is 2.40. The summed E-state index contributed by atoms with van der Waals surface area (Å²) in [6.45, 7) is 10.9. The van der Waals surface area contributed by atoms with Crippen molar-refractivity contribution in [2.24, 2.45) is 16.7 Å². The first-order chi connectivity index (χ1) is 14.0. The van der Waals surface area contributed by atoms with Crippen LogP contribution in [0.5, 0.6) is 0 Å². The van der Waals surface area contributed by atoms with Crippen LogP contribution in [0.2, 0.25) is 0 Å². The lowest BCUT2D eigenvalue weighted by Gasteiger charge is -2.34. The van der Waals surface area contributed by atoms with Crippen LogP contribution in [0.15, 0.2) is 42.2 Å². The largest absolute Gasteiger partial charge is 0.468 e. The maximum atomic E-state index is 12.8. The fourth-order valence-electron chi connectivity index (χ4n) is 3.16. The third-order valence-electron chi connectivity index (χ3n) is 5.09. The van der Waals surface area contributed by atoms with Crippen molar-refractivity contribution in [3.8, 4) is 0 Å². The summed E-state index contributed by atoms with van der Waals surface area (Å²) in [6.07, 6.45) is 8.69. The van der Waals surface area contributed by atoms with Gasteiger partial charge >= 0.3 is 17.9 Å². The van der Waals surface area contributed by atoms with Crippen molar-refractivity contribution in [2.45, 2.75) is 59.5 Å². The van der Waals surface area contributed by atoms with Crippen molar-refractivity contribution >= 4 is 17.9 Å². The molecular weight excluding hydrogens is 384 g/mol. The quantitative estimate of drug-likeness (QED) is 0.192. The predicted molar refractivity (Wildman–Crippen MR) is 114 cm³/mol. The molecule has 30 heavy (non-hydrogen) atoms. The molecule has 0 heterocycles. The Bertz CT molecular complexity index is 730. The van der Waals surface area contributed by atoms with E-state index in [0.29, 0.717) is 19.3 Å². The molecule has 0 saturated carbocycles. The molecule has 0 aromatic carbocycles. The van der Waals surface area contributed by atoms with Crippen LogP contribution in [-0.2, 0) is 28.6 Å². The fourth-order valence-corrected chi connectivity index (χ4v) is 3.16. The van der Waals surface area contributed by atoms with Gasteiger partial charge in [-0.25, -0.2) is 0 Å². The molecule has 0 radical (unpaired) electrons. The van der Waals surface area contributed by atoms with Gasteiger partial charge in [0, 0.05) is 5.92 Å². The average molecular weight is 419 g/mol. The molecular formula is C24H34O6. The summed E-state index contributed by atoms with van der Waals surface area (Å²) in [5, 5.41) is 0. The molecule has 2 atom stereocenters. The van der Waals surface area contributed by atoms with Gasteiger partial charge in [-0.2, -0.15) is 0 Å². The summed E-state index contributed by atoms with van der Waals surface area (Å²) in [5.74, 6) is -2.23. The summed E-state index contributed by atoms with van der Waals surface area (Å²) < 4.78 is 15.5. The van der Waals surface area contributed by atoms with Gasteiger partial charge in [0.1, 0.15) is 6.10 Å². The van der Waals surface area contributed by atoms with Gasteiger partial charge in [0.05, 0.1) is 19.6 Å². The Labute approximate surface area is 179 Å². The van der Waals surface area contributed by atoms with Crippen LogP contribution in [0.3, 0.4) is 0 Å². The average Bonchev–Trinajstić information content (AvgIpc) is 2.72. The minimum Gasteiger partial charge on any atom is -0.468 e. The maximum Gasteiger partial charge on any atom is 0.328 e. The van der Waals surface area contributed by atoms with Crippen LogP contribution in [0, 0.1) is 16.7 Å². The number of allylic oxidation sites excluding steroid dienone is 2. The Kier molecular flexibility index (Phi) is 9.31. The van der Waals surface area contributed by atoms with Crippen molar-refractivity contribution in [1.82, 2.24) is 0 Å². The van der Waals surface area contributed by atoms with Crippen molar-refractivity contribution in [3.05, 3.63) is 42.2 Å². The summed E-state index contributed by atoms with van der Waals surface area (Å²) >= 11 is 0. The summed E-state index contributed by atoms with van der Waals surface area (Å²) in [5.41, 5.74) is 1.68. The van der Waals surface area contributed by atoms with Crippen molar-refractivity contribution in [1.29, 1.82) is 0 Å². The highest BCUT2D eigenvalue weighted by molar-refractivity contribution is 6.03. The van der Waals surface area contributed by atoms with Gasteiger partial charge in [0.15, 0.2) is 5.41 Å². The van der Waals surface area contributed by atoms with E-state index >= 15 is 0 Å². The second-order valence-electron chi connectivity index (χ2n) is 8.51. The Morgan fingerprint density at radius 3 is 2.10 bits per heavy atom. The fraction of sp³-hybridized carbons (Fsp3) is 0.583. The second kappa shape index (κ2) is 11.0. The number of carbonyl (C=O) groups excluding carboxylic acids is 3. The first kappa shape index (κ1) is 25.4. The summed E-state index contributed by atoms with van der Waals surface area (Å²) in [6, 6.07) is 0. The molecule has 6 heteroatoms. The van der Waals surface area contributed by atoms with E-state index in [1.54, 1.807) is 39.0 Å². The van der Waals surface area contributed by atoms with Gasteiger partial charge in [0.2, 0.25) is 0 Å². The first-order valence-electron chi connectivity index (χ1n) is 10.1. The third kappa shape index (κ3) is 6.20. The lowest BCUT2D eigenvalue weighted by Crippen LogP contribution is -2.46. The van der Waals surface area contributed by atoms with Crippen molar-refractivity contribution < 1.29 is 28.6 Å². The third-order valence-corrected chi connectivity index (χ3v) is 5.09. The van der Waals surface area contributed by atoms with E-state index in [1.165, 1.54) is 20.3 Å². The van der Waals surface area contributed by atoms with Crippen LogP contribution in [0.25, 0.3) is 0 Å². The topological polar surface area (TPSA) is 78.9 Å². The molecule has 0 saturated heterocycles. The lowest BCUT2D eigenvalue weighted by molar-refractivity contribution is -0.169. The van der Waals surface area contributed by atoms with E-state index in [-0.39, 0.29) is 5.97 Å². The van der Waals surface area contributed by atoms with Gasteiger partial charge in [-0.05, 0) is 71.1 Å². The molecule has 6 nitrogen and oxygen atoms in total. The second-order valence-corrected chi connectivity index (χ2v) is 8.51. The summed E-state index contributed by atoms with van der Waals surface area (Å²) in [7, 11) is 2.48. The molecule has 0 spiro atoms. The standard InChI is InChI=1S/C24H34O6/c1-8-9-10-17(2)15-16-24(21(26)28-6,22(27)29-7)18-11-13-19(14-12-18)30-20(25)23(3,4)5/h8,11,13,16,18-19H,1,9-10,12,14H2,2-7H3/t15?,18-,19+/m0/s1. The molecule has 0 unspecified atom stereocenters. The van der Waals surface area contributed by atoms with E-state index < -0.39 is 34.8 Å². The minimum absolute atomic E-state index is 0.302. The Hall–Kier alpha value is -2.59. The predicted octanol–water partition coefficient (Wildman–Crippen LogP) is 4.31. The van der Waals surface area contributed by atoms with Gasteiger partial charge < -0.3 is 14.2 Å². The van der Waals surface area contributed by atoms with Crippen LogP contribution in [-0.4, -0.2) is 38.2 Å². The molecule has 0 aromatic heterocycles. The Balaban J connectivity index is 3.30.